The maximum absolute atomic E-state index is 11.5. The molecule has 0 unspecified atom stereocenters. The Kier molecular flexibility index (Phi) is 8.27. The summed E-state index contributed by atoms with van der Waals surface area (Å²) in [7, 11) is -5.32. The van der Waals surface area contributed by atoms with Crippen LogP contribution in [0.4, 0.5) is 28.6 Å². The topological polar surface area (TPSA) is 174 Å². The van der Waals surface area contributed by atoms with Crippen LogP contribution in [0.5, 0.6) is 0 Å². The maximum Gasteiger partial charge on any atom is 0.238 e. The van der Waals surface area contributed by atoms with Crippen LogP contribution in [-0.4, -0.2) is 28.9 Å². The molecule has 0 aliphatic heterocycles. The Hall–Kier alpha value is -3.97. The number of primary sulfonamides is 2. The molecule has 0 atom stereocenters. The van der Waals surface area contributed by atoms with Crippen molar-refractivity contribution in [2.24, 2.45) is 10.3 Å². The zero-order valence-corrected chi connectivity index (χ0v) is 20.9. The lowest BCUT2D eigenvalue weighted by Crippen LogP contribution is -2.12. The van der Waals surface area contributed by atoms with E-state index in [1.165, 1.54) is 24.3 Å². The van der Waals surface area contributed by atoms with Crippen LogP contribution in [-0.2, 0) is 20.0 Å². The molecule has 0 amide bonds. The first-order chi connectivity index (χ1) is 16.9. The highest BCUT2D eigenvalue weighted by molar-refractivity contribution is 7.89. The van der Waals surface area contributed by atoms with E-state index in [9.17, 15) is 16.8 Å². The molecule has 4 rings (SSSR count). The summed E-state index contributed by atoms with van der Waals surface area (Å²) in [5, 5.41) is 13.1. The Bertz CT molecular complexity index is 1530. The molecule has 7 N–H and O–H groups in total. The number of nitrogen functional groups attached to an aromatic ring is 1. The SMILES string of the molecule is CN(c1ccc(N)cc1)c1ccnc(Nc2cccc(S(N)(=O)=O)c2)c1.NS(=O)(=O)c1ccccc1. The molecule has 1 aromatic heterocycles. The largest absolute Gasteiger partial charge is 0.399 e. The Morgan fingerprint density at radius 3 is 1.92 bits per heavy atom. The third kappa shape index (κ3) is 7.52. The minimum Gasteiger partial charge on any atom is -0.399 e. The molecule has 12 heteroatoms. The Morgan fingerprint density at radius 1 is 0.722 bits per heavy atom. The molecular weight excluding hydrogens is 500 g/mol. The van der Waals surface area contributed by atoms with Crippen molar-refractivity contribution >= 4 is 48.6 Å². The first-order valence-corrected chi connectivity index (χ1v) is 13.6. The highest BCUT2D eigenvalue weighted by Gasteiger charge is 2.09. The van der Waals surface area contributed by atoms with Crippen LogP contribution in [0.3, 0.4) is 0 Å². The van der Waals surface area contributed by atoms with Crippen LogP contribution in [0.2, 0.25) is 0 Å². The van der Waals surface area contributed by atoms with Gasteiger partial charge in [0.25, 0.3) is 0 Å². The summed E-state index contributed by atoms with van der Waals surface area (Å²) in [5.74, 6) is 0.580. The third-order valence-corrected chi connectivity index (χ3v) is 6.76. The van der Waals surface area contributed by atoms with Gasteiger partial charge < -0.3 is 16.0 Å². The Morgan fingerprint density at radius 2 is 1.33 bits per heavy atom. The lowest BCUT2D eigenvalue weighted by atomic mass is 10.2. The molecule has 0 saturated heterocycles. The zero-order chi connectivity index (χ0) is 26.3. The molecule has 1 heterocycles. The summed E-state index contributed by atoms with van der Waals surface area (Å²) < 4.78 is 44.2. The Balaban J connectivity index is 0.000000303. The van der Waals surface area contributed by atoms with Gasteiger partial charge in [-0.25, -0.2) is 32.1 Å². The van der Waals surface area contributed by atoms with Gasteiger partial charge in [-0.3, -0.25) is 0 Å². The fourth-order valence-corrected chi connectivity index (χ4v) is 4.15. The molecule has 188 valence electrons. The van der Waals surface area contributed by atoms with E-state index in [0.29, 0.717) is 17.2 Å². The predicted octanol–water partition coefficient (Wildman–Crippen LogP) is 3.16. The van der Waals surface area contributed by atoms with E-state index in [1.807, 2.05) is 48.3 Å². The average molecular weight is 527 g/mol. The first kappa shape index (κ1) is 26.6. The highest BCUT2D eigenvalue weighted by atomic mass is 32.2. The van der Waals surface area contributed by atoms with Crippen LogP contribution in [0, 0.1) is 0 Å². The third-order valence-electron chi connectivity index (χ3n) is 4.92. The molecule has 10 nitrogen and oxygen atoms in total. The van der Waals surface area contributed by atoms with Gasteiger partial charge in [-0.1, -0.05) is 24.3 Å². The second kappa shape index (κ2) is 11.2. The van der Waals surface area contributed by atoms with Gasteiger partial charge in [-0.15, -0.1) is 0 Å². The van der Waals surface area contributed by atoms with Crippen LogP contribution in [0.25, 0.3) is 0 Å². The first-order valence-electron chi connectivity index (χ1n) is 10.5. The summed E-state index contributed by atoms with van der Waals surface area (Å²) in [4.78, 5) is 6.46. The van der Waals surface area contributed by atoms with Gasteiger partial charge in [-0.05, 0) is 60.7 Å². The number of nitrogens with two attached hydrogens (primary N) is 3. The number of rotatable bonds is 6. The normalized spacial score (nSPS) is 11.2. The number of hydrogen-bond donors (Lipinski definition) is 4. The van der Waals surface area contributed by atoms with Gasteiger partial charge in [-0.2, -0.15) is 0 Å². The highest BCUT2D eigenvalue weighted by Crippen LogP contribution is 2.27. The smallest absolute Gasteiger partial charge is 0.238 e. The van der Waals surface area contributed by atoms with Crippen molar-refractivity contribution in [3.63, 3.8) is 0 Å². The maximum atomic E-state index is 11.5. The molecule has 0 aliphatic carbocycles. The van der Waals surface area contributed by atoms with E-state index >= 15 is 0 Å². The number of hydrogen-bond acceptors (Lipinski definition) is 8. The number of aromatic nitrogens is 1. The minimum atomic E-state index is -3.76. The molecule has 4 aromatic rings. The molecule has 0 saturated carbocycles. The molecule has 0 radical (unpaired) electrons. The second-order valence-electron chi connectivity index (χ2n) is 7.61. The van der Waals surface area contributed by atoms with Gasteiger partial charge in [0.2, 0.25) is 20.0 Å². The van der Waals surface area contributed by atoms with Crippen molar-refractivity contribution in [1.82, 2.24) is 4.98 Å². The summed E-state index contributed by atoms with van der Waals surface area (Å²) in [6, 6.07) is 25.4. The number of pyridine rings is 1. The minimum absolute atomic E-state index is 0.0395. The predicted molar refractivity (Wildman–Crippen MR) is 142 cm³/mol. The average Bonchev–Trinajstić information content (AvgIpc) is 2.84. The molecule has 36 heavy (non-hydrogen) atoms. The molecule has 0 fully saturated rings. The number of anilines is 5. The molecule has 0 aliphatic rings. The fourth-order valence-electron chi connectivity index (χ4n) is 3.05. The second-order valence-corrected chi connectivity index (χ2v) is 10.7. The van der Waals surface area contributed by atoms with Gasteiger partial charge in [0, 0.05) is 42.1 Å². The molecule has 0 spiro atoms. The van der Waals surface area contributed by atoms with Gasteiger partial charge in [0.1, 0.15) is 5.82 Å². The van der Waals surface area contributed by atoms with E-state index in [0.717, 1.165) is 11.4 Å². The van der Waals surface area contributed by atoms with Crippen molar-refractivity contribution < 1.29 is 16.8 Å². The standard InChI is InChI=1S/C18H19N5O2S.C6H7NO2S/c1-23(15-7-5-13(19)6-8-15)16-9-10-21-18(12-16)22-14-3-2-4-17(11-14)26(20,24)25;7-10(8,9)6-4-2-1-3-5-6/h2-12H,19H2,1H3,(H,21,22)(H2,20,24,25);1-5H,(H2,7,8,9). The molecular formula is C24H26N6O4S2. The quantitative estimate of drug-likeness (QED) is 0.277. The van der Waals surface area contributed by atoms with Crippen LogP contribution in [0.15, 0.2) is 107 Å². The van der Waals surface area contributed by atoms with Crippen molar-refractivity contribution in [1.29, 1.82) is 0 Å². The number of benzene rings is 3. The zero-order valence-electron chi connectivity index (χ0n) is 19.3. The lowest BCUT2D eigenvalue weighted by molar-refractivity contribution is 0.596. The summed E-state index contributed by atoms with van der Waals surface area (Å²) >= 11 is 0. The van der Waals surface area contributed by atoms with Crippen molar-refractivity contribution in [2.75, 3.05) is 23.0 Å². The van der Waals surface area contributed by atoms with E-state index in [-0.39, 0.29) is 9.79 Å². The van der Waals surface area contributed by atoms with Crippen LogP contribution < -0.4 is 26.2 Å². The van der Waals surface area contributed by atoms with E-state index in [2.05, 4.69) is 10.3 Å². The summed E-state index contributed by atoms with van der Waals surface area (Å²) in [5.41, 5.74) is 8.90. The van der Waals surface area contributed by atoms with Gasteiger partial charge >= 0.3 is 0 Å². The van der Waals surface area contributed by atoms with Crippen LogP contribution >= 0.6 is 0 Å². The summed E-state index contributed by atoms with van der Waals surface area (Å²) in [6.07, 6.45) is 1.68. The van der Waals surface area contributed by atoms with Crippen molar-refractivity contribution in [3.05, 3.63) is 97.2 Å². The van der Waals surface area contributed by atoms with Crippen molar-refractivity contribution in [2.45, 2.75) is 9.79 Å². The molecule has 0 bridgehead atoms. The molecule has 3 aromatic carbocycles. The number of nitrogens with zero attached hydrogens (tertiary/aromatic N) is 2. The lowest BCUT2D eigenvalue weighted by Gasteiger charge is -2.20. The van der Waals surface area contributed by atoms with Crippen LogP contribution in [0.1, 0.15) is 0 Å². The monoisotopic (exact) mass is 526 g/mol. The van der Waals surface area contributed by atoms with E-state index in [4.69, 9.17) is 16.0 Å². The fraction of sp³-hybridized carbons (Fsp3) is 0.0417. The summed E-state index contributed by atoms with van der Waals surface area (Å²) in [6.45, 7) is 0. The van der Waals surface area contributed by atoms with Crippen molar-refractivity contribution in [3.8, 4) is 0 Å². The number of nitrogens with one attached hydrogen (secondary N) is 1. The number of sulfonamides is 2. The van der Waals surface area contributed by atoms with Gasteiger partial charge in [0.15, 0.2) is 0 Å². The van der Waals surface area contributed by atoms with E-state index < -0.39 is 20.0 Å². The Labute approximate surface area is 210 Å². The van der Waals surface area contributed by atoms with Gasteiger partial charge in [0.05, 0.1) is 9.79 Å². The van der Waals surface area contributed by atoms with E-state index in [1.54, 1.807) is 36.5 Å².